The zero-order valence-corrected chi connectivity index (χ0v) is 16.4. The van der Waals surface area contributed by atoms with E-state index < -0.39 is 5.78 Å². The fraction of sp³-hybridized carbons (Fsp3) is 0.0526. The maximum Gasteiger partial charge on any atom is 0.235 e. The first-order valence-electron chi connectivity index (χ1n) is 7.53. The maximum atomic E-state index is 13.0. The van der Waals surface area contributed by atoms with Crippen LogP contribution in [0.3, 0.4) is 0 Å². The van der Waals surface area contributed by atoms with Crippen LogP contribution in [-0.2, 0) is 14.3 Å². The Morgan fingerprint density at radius 3 is 2.07 bits per heavy atom. The number of ketones is 1. The molecule has 0 amide bonds. The number of methoxy groups -OCH3 is 1. The van der Waals surface area contributed by atoms with E-state index in [9.17, 15) is 4.79 Å². The van der Waals surface area contributed by atoms with Crippen LogP contribution < -0.4 is 5.73 Å². The molecule has 140 valence electrons. The summed E-state index contributed by atoms with van der Waals surface area (Å²) in [5.74, 6) is -0.762. The average Bonchev–Trinajstić information content (AvgIpc) is 2.92. The van der Waals surface area contributed by atoms with Crippen molar-refractivity contribution in [2.24, 2.45) is 5.73 Å². The van der Waals surface area contributed by atoms with Crippen LogP contribution >= 0.6 is 35.6 Å². The van der Waals surface area contributed by atoms with Gasteiger partial charge in [-0.05, 0) is 35.4 Å². The summed E-state index contributed by atoms with van der Waals surface area (Å²) in [7, 11) is 1.34. The van der Waals surface area contributed by atoms with Crippen LogP contribution in [0.4, 0.5) is 0 Å². The third-order valence-corrected chi connectivity index (χ3v) is 4.32. The summed E-state index contributed by atoms with van der Waals surface area (Å²) in [6.45, 7) is 0. The van der Waals surface area contributed by atoms with E-state index in [1.807, 2.05) is 0 Å². The molecule has 0 saturated heterocycles. The summed E-state index contributed by atoms with van der Waals surface area (Å²) >= 11 is 11.8. The largest absolute Gasteiger partial charge is 0.481 e. The second kappa shape index (κ2) is 8.48. The van der Waals surface area contributed by atoms with E-state index in [-0.39, 0.29) is 41.1 Å². The maximum absolute atomic E-state index is 13.0. The van der Waals surface area contributed by atoms with Gasteiger partial charge in [0.15, 0.2) is 5.76 Å². The Balaban J connectivity index is 0.00000261. The van der Waals surface area contributed by atoms with E-state index in [2.05, 4.69) is 0 Å². The molecule has 1 heterocycles. The van der Waals surface area contributed by atoms with Crippen LogP contribution in [0, 0.1) is 5.41 Å². The molecule has 27 heavy (non-hydrogen) atoms. The highest BCUT2D eigenvalue weighted by Crippen LogP contribution is 2.35. The number of rotatable bonds is 3. The molecule has 1 aliphatic rings. The first-order chi connectivity index (χ1) is 12.4. The second-order valence-electron chi connectivity index (χ2n) is 5.42. The van der Waals surface area contributed by atoms with Crippen molar-refractivity contribution in [2.45, 2.75) is 0 Å². The number of nitrogens with one attached hydrogen (secondary N) is 1. The molecule has 5 nitrogen and oxygen atoms in total. The van der Waals surface area contributed by atoms with E-state index in [0.29, 0.717) is 21.2 Å². The second-order valence-corrected chi connectivity index (χ2v) is 6.29. The van der Waals surface area contributed by atoms with Gasteiger partial charge >= 0.3 is 0 Å². The fourth-order valence-electron chi connectivity index (χ4n) is 2.57. The average molecular weight is 426 g/mol. The lowest BCUT2D eigenvalue weighted by molar-refractivity contribution is -0.111. The van der Waals surface area contributed by atoms with Crippen molar-refractivity contribution in [3.8, 4) is 0 Å². The lowest BCUT2D eigenvalue weighted by Crippen LogP contribution is -2.11. The molecule has 0 bridgehead atoms. The van der Waals surface area contributed by atoms with Crippen molar-refractivity contribution < 1.29 is 14.3 Å². The number of nitrogens with two attached hydrogens (primary N) is 1. The summed E-state index contributed by atoms with van der Waals surface area (Å²) < 4.78 is 10.6. The van der Waals surface area contributed by atoms with Crippen LogP contribution in [0.25, 0.3) is 11.1 Å². The van der Waals surface area contributed by atoms with Crippen molar-refractivity contribution in [3.05, 3.63) is 81.3 Å². The number of allylic oxidation sites excluding steroid dienone is 1. The molecule has 2 aromatic carbocycles. The van der Waals surface area contributed by atoms with E-state index in [1.54, 1.807) is 48.5 Å². The quantitative estimate of drug-likeness (QED) is 0.425. The van der Waals surface area contributed by atoms with Crippen molar-refractivity contribution in [3.63, 3.8) is 0 Å². The first kappa shape index (κ1) is 20.8. The standard InChI is InChI=1S/C19H14Cl2N2O3.ClH/c1-25-18(22)15(11-4-8-13(21)9-5-11)17-16(24)14(19(23)26-17)10-2-6-12(20)7-3-10;/h2-9,22H,23H2,1H3;1H/b17-15-,22-18?;. The van der Waals surface area contributed by atoms with Crippen LogP contribution in [0.1, 0.15) is 11.1 Å². The van der Waals surface area contributed by atoms with Gasteiger partial charge < -0.3 is 15.2 Å². The zero-order valence-electron chi connectivity index (χ0n) is 14.1. The van der Waals surface area contributed by atoms with Gasteiger partial charge in [-0.25, -0.2) is 0 Å². The Hall–Kier alpha value is -2.47. The van der Waals surface area contributed by atoms with E-state index in [1.165, 1.54) is 7.11 Å². The van der Waals surface area contributed by atoms with Gasteiger partial charge in [-0.3, -0.25) is 10.2 Å². The van der Waals surface area contributed by atoms with Gasteiger partial charge in [0.2, 0.25) is 17.6 Å². The van der Waals surface area contributed by atoms with Gasteiger partial charge in [0.25, 0.3) is 0 Å². The van der Waals surface area contributed by atoms with Gasteiger partial charge in [0.1, 0.15) is 0 Å². The number of hydrogen-bond donors (Lipinski definition) is 2. The van der Waals surface area contributed by atoms with E-state index >= 15 is 0 Å². The monoisotopic (exact) mass is 424 g/mol. The highest BCUT2D eigenvalue weighted by molar-refractivity contribution is 6.37. The summed E-state index contributed by atoms with van der Waals surface area (Å²) in [6, 6.07) is 13.3. The molecule has 0 spiro atoms. The third kappa shape index (κ3) is 4.11. The summed E-state index contributed by atoms with van der Waals surface area (Å²) in [5.41, 5.74) is 7.48. The fourth-order valence-corrected chi connectivity index (χ4v) is 2.82. The molecule has 8 heteroatoms. The predicted molar refractivity (Wildman–Crippen MR) is 109 cm³/mol. The van der Waals surface area contributed by atoms with Gasteiger partial charge in [0.05, 0.1) is 18.3 Å². The molecule has 0 fully saturated rings. The molecule has 0 aromatic heterocycles. The van der Waals surface area contributed by atoms with Crippen LogP contribution in [0.15, 0.2) is 60.2 Å². The number of carbonyl (C=O) groups excluding carboxylic acids is 1. The Bertz CT molecular complexity index is 949. The van der Waals surface area contributed by atoms with Crippen molar-refractivity contribution in [2.75, 3.05) is 7.11 Å². The zero-order chi connectivity index (χ0) is 18.8. The molecule has 0 aliphatic carbocycles. The Kier molecular flexibility index (Phi) is 6.54. The van der Waals surface area contributed by atoms with E-state index in [4.69, 9.17) is 43.8 Å². The highest BCUT2D eigenvalue weighted by atomic mass is 35.5. The first-order valence-corrected chi connectivity index (χ1v) is 8.29. The lowest BCUT2D eigenvalue weighted by atomic mass is 9.97. The van der Waals surface area contributed by atoms with Crippen LogP contribution in [0.2, 0.25) is 10.0 Å². The Morgan fingerprint density at radius 1 is 1.04 bits per heavy atom. The van der Waals surface area contributed by atoms with Crippen molar-refractivity contribution in [1.29, 1.82) is 5.41 Å². The predicted octanol–water partition coefficient (Wildman–Crippen LogP) is 4.68. The Morgan fingerprint density at radius 2 is 1.56 bits per heavy atom. The normalized spacial score (nSPS) is 15.1. The molecule has 0 atom stereocenters. The van der Waals surface area contributed by atoms with Crippen molar-refractivity contribution in [1.82, 2.24) is 0 Å². The van der Waals surface area contributed by atoms with Gasteiger partial charge in [-0.15, -0.1) is 12.4 Å². The number of carbonyl (C=O) groups is 1. The number of hydrogen-bond acceptors (Lipinski definition) is 5. The van der Waals surface area contributed by atoms with Gasteiger partial charge in [-0.2, -0.15) is 0 Å². The SMILES string of the molecule is COC(=N)/C(=C1\OC(N)=C(c2ccc(Cl)cc2)C1=O)c1ccc(Cl)cc1.Cl. The number of benzene rings is 2. The summed E-state index contributed by atoms with van der Waals surface area (Å²) in [6.07, 6.45) is 0. The summed E-state index contributed by atoms with van der Waals surface area (Å²) in [5, 5.41) is 9.15. The summed E-state index contributed by atoms with van der Waals surface area (Å²) in [4.78, 5) is 13.0. The minimum atomic E-state index is -0.434. The van der Waals surface area contributed by atoms with Crippen LogP contribution in [-0.4, -0.2) is 18.8 Å². The molecule has 0 radical (unpaired) electrons. The smallest absolute Gasteiger partial charge is 0.235 e. The van der Waals surface area contributed by atoms with Crippen LogP contribution in [0.5, 0.6) is 0 Å². The topological polar surface area (TPSA) is 85.4 Å². The van der Waals surface area contributed by atoms with Gasteiger partial charge in [0, 0.05) is 10.0 Å². The molecule has 1 aliphatic heterocycles. The number of halogens is 3. The molecular formula is C19H15Cl3N2O3. The third-order valence-electron chi connectivity index (χ3n) is 3.82. The van der Waals surface area contributed by atoms with Crippen molar-refractivity contribution >= 4 is 58.4 Å². The molecule has 2 aromatic rings. The number of Topliss-reactive ketones (excluding diaryl/α,β-unsaturated/α-hetero) is 1. The minimum absolute atomic E-state index is 0. The number of ether oxygens (including phenoxy) is 2. The molecule has 3 N–H and O–H groups in total. The lowest BCUT2D eigenvalue weighted by Gasteiger charge is -2.11. The minimum Gasteiger partial charge on any atom is -0.481 e. The Labute approximate surface area is 172 Å². The molecular weight excluding hydrogens is 411 g/mol. The molecule has 0 saturated carbocycles. The highest BCUT2D eigenvalue weighted by Gasteiger charge is 2.35. The van der Waals surface area contributed by atoms with Gasteiger partial charge in [-0.1, -0.05) is 47.5 Å². The molecule has 0 unspecified atom stereocenters. The molecule has 3 rings (SSSR count). The van der Waals surface area contributed by atoms with E-state index in [0.717, 1.165) is 0 Å².